The third kappa shape index (κ3) is 5.39. The van der Waals surface area contributed by atoms with E-state index >= 15 is 0 Å². The number of pyridine rings is 1. The molecule has 0 bridgehead atoms. The number of anilines is 1. The lowest BCUT2D eigenvalue weighted by Crippen LogP contribution is -2.32. The Kier molecular flexibility index (Phi) is 6.64. The van der Waals surface area contributed by atoms with E-state index in [4.69, 9.17) is 11.6 Å². The van der Waals surface area contributed by atoms with Gasteiger partial charge < -0.3 is 10.6 Å². The fourth-order valence-corrected chi connectivity index (χ4v) is 4.56. The van der Waals surface area contributed by atoms with Gasteiger partial charge in [-0.1, -0.05) is 29.8 Å². The van der Waals surface area contributed by atoms with E-state index in [2.05, 4.69) is 20.7 Å². The second-order valence-electron chi connectivity index (χ2n) is 8.61. The number of hydrogen-bond acceptors (Lipinski definition) is 6. The van der Waals surface area contributed by atoms with E-state index in [-0.39, 0.29) is 16.8 Å². The summed E-state index contributed by atoms with van der Waals surface area (Å²) in [5.74, 6) is -0.635. The normalized spacial score (nSPS) is 16.0. The van der Waals surface area contributed by atoms with E-state index in [9.17, 15) is 17.6 Å². The highest BCUT2D eigenvalue weighted by atomic mass is 35.5. The van der Waals surface area contributed by atoms with Crippen LogP contribution in [-0.4, -0.2) is 41.4 Å². The Morgan fingerprint density at radius 3 is 2.76 bits per heavy atom. The van der Waals surface area contributed by atoms with Crippen molar-refractivity contribution >= 4 is 43.9 Å². The van der Waals surface area contributed by atoms with E-state index < -0.39 is 27.6 Å². The third-order valence-corrected chi connectivity index (χ3v) is 6.62. The molecule has 8 nitrogen and oxygen atoms in total. The van der Waals surface area contributed by atoms with E-state index in [1.807, 2.05) is 0 Å². The van der Waals surface area contributed by atoms with E-state index in [1.165, 1.54) is 18.3 Å². The topological polar surface area (TPSA) is 106 Å². The van der Waals surface area contributed by atoms with Crippen LogP contribution in [0.15, 0.2) is 42.1 Å². The molecule has 0 aliphatic heterocycles. The number of hydrogen-bond donors (Lipinski definition) is 2. The first-order chi connectivity index (χ1) is 16.0. The average molecular weight is 506 g/mol. The van der Waals surface area contributed by atoms with Gasteiger partial charge in [0.2, 0.25) is 0 Å². The molecule has 180 valence electrons. The molecule has 1 aliphatic carbocycles. The van der Waals surface area contributed by atoms with Crippen LogP contribution in [-0.2, 0) is 16.9 Å². The van der Waals surface area contributed by atoms with Gasteiger partial charge in [-0.2, -0.15) is 5.10 Å². The van der Waals surface area contributed by atoms with Gasteiger partial charge in [0.05, 0.1) is 28.3 Å². The van der Waals surface area contributed by atoms with Crippen molar-refractivity contribution in [3.63, 3.8) is 0 Å². The smallest absolute Gasteiger partial charge is 0.271 e. The molecule has 1 fully saturated rings. The molecule has 2 atom stereocenters. The number of aryl methyl sites for hydroxylation is 1. The number of sulfone groups is 1. The van der Waals surface area contributed by atoms with Gasteiger partial charge in [0.25, 0.3) is 5.91 Å². The Labute approximate surface area is 202 Å². The van der Waals surface area contributed by atoms with Gasteiger partial charge >= 0.3 is 0 Å². The van der Waals surface area contributed by atoms with Crippen molar-refractivity contribution in [3.8, 4) is 0 Å². The van der Waals surface area contributed by atoms with Crippen LogP contribution in [0.1, 0.15) is 41.9 Å². The summed E-state index contributed by atoms with van der Waals surface area (Å²) in [7, 11) is -1.56. The second-order valence-corrected chi connectivity index (χ2v) is 10.9. The lowest BCUT2D eigenvalue weighted by Gasteiger charge is -2.22. The first-order valence-electron chi connectivity index (χ1n) is 10.8. The maximum Gasteiger partial charge on any atom is 0.271 e. The van der Waals surface area contributed by atoms with Crippen molar-refractivity contribution in [1.29, 1.82) is 0 Å². The second kappa shape index (κ2) is 9.34. The maximum absolute atomic E-state index is 14.1. The number of amides is 1. The lowest BCUT2D eigenvalue weighted by atomic mass is 10.0. The van der Waals surface area contributed by atoms with Crippen molar-refractivity contribution in [2.45, 2.75) is 31.8 Å². The maximum atomic E-state index is 14.1. The highest BCUT2D eigenvalue weighted by Gasteiger charge is 2.34. The van der Waals surface area contributed by atoms with Gasteiger partial charge in [-0.25, -0.2) is 17.8 Å². The Morgan fingerprint density at radius 2 is 2.09 bits per heavy atom. The SMILES string of the molecule is C[C@H](/C=C/S(C)(=O)=O)NC(=O)c1ncc(NC(c2cccc(F)c2Cl)C2CC2)c2nn(C)cc12. The number of nitrogens with zero attached hydrogens (tertiary/aromatic N) is 3. The molecule has 0 saturated heterocycles. The molecule has 11 heteroatoms. The highest BCUT2D eigenvalue weighted by molar-refractivity contribution is 7.93. The van der Waals surface area contributed by atoms with E-state index in [0.717, 1.165) is 24.5 Å². The van der Waals surface area contributed by atoms with Crippen LogP contribution in [0.2, 0.25) is 5.02 Å². The van der Waals surface area contributed by atoms with Gasteiger partial charge in [-0.3, -0.25) is 9.48 Å². The molecule has 1 amide bonds. The molecule has 0 radical (unpaired) electrons. The molecule has 2 aromatic heterocycles. The summed E-state index contributed by atoms with van der Waals surface area (Å²) in [5.41, 5.74) is 1.98. The van der Waals surface area contributed by atoms with E-state index in [0.29, 0.717) is 28.1 Å². The monoisotopic (exact) mass is 505 g/mol. The lowest BCUT2D eigenvalue weighted by molar-refractivity contribution is 0.0944. The average Bonchev–Trinajstić information content (AvgIpc) is 3.52. The summed E-state index contributed by atoms with van der Waals surface area (Å²) >= 11 is 6.27. The van der Waals surface area contributed by atoms with Gasteiger partial charge in [-0.15, -0.1) is 0 Å². The van der Waals surface area contributed by atoms with Crippen LogP contribution in [0.25, 0.3) is 10.9 Å². The number of aromatic nitrogens is 3. The predicted octanol–water partition coefficient (Wildman–Crippen LogP) is 4.00. The molecule has 1 aromatic carbocycles. The van der Waals surface area contributed by atoms with Crippen LogP contribution in [0.5, 0.6) is 0 Å². The van der Waals surface area contributed by atoms with Gasteiger partial charge in [0, 0.05) is 31.0 Å². The van der Waals surface area contributed by atoms with E-state index in [1.54, 1.807) is 37.0 Å². The number of halogens is 2. The molecule has 0 spiro atoms. The summed E-state index contributed by atoms with van der Waals surface area (Å²) in [6.07, 6.45) is 7.68. The first kappa shape index (κ1) is 24.2. The van der Waals surface area contributed by atoms with Crippen molar-refractivity contribution < 1.29 is 17.6 Å². The number of benzene rings is 1. The zero-order valence-electron chi connectivity index (χ0n) is 18.9. The quantitative estimate of drug-likeness (QED) is 0.479. The Bertz CT molecular complexity index is 1380. The zero-order chi connectivity index (χ0) is 24.6. The summed E-state index contributed by atoms with van der Waals surface area (Å²) in [6.45, 7) is 1.67. The Balaban J connectivity index is 1.65. The number of nitrogens with one attached hydrogen (secondary N) is 2. The minimum absolute atomic E-state index is 0.0873. The van der Waals surface area contributed by atoms with Crippen LogP contribution >= 0.6 is 11.6 Å². The minimum atomic E-state index is -3.30. The highest BCUT2D eigenvalue weighted by Crippen LogP contribution is 2.45. The number of carbonyl (C=O) groups excluding carboxylic acids is 1. The minimum Gasteiger partial charge on any atom is -0.375 e. The summed E-state index contributed by atoms with van der Waals surface area (Å²) < 4.78 is 38.4. The number of carbonyl (C=O) groups is 1. The van der Waals surface area contributed by atoms with Crippen LogP contribution in [0, 0.1) is 11.7 Å². The zero-order valence-corrected chi connectivity index (χ0v) is 20.5. The number of fused-ring (bicyclic) bond motifs is 1. The molecule has 2 heterocycles. The van der Waals surface area contributed by atoms with Crippen molar-refractivity contribution in [1.82, 2.24) is 20.1 Å². The fraction of sp³-hybridized carbons (Fsp3) is 0.348. The van der Waals surface area contributed by atoms with Gasteiger partial charge in [0.15, 0.2) is 9.84 Å². The molecule has 34 heavy (non-hydrogen) atoms. The molecule has 1 saturated carbocycles. The molecule has 2 N–H and O–H groups in total. The first-order valence-corrected chi connectivity index (χ1v) is 13.1. The van der Waals surface area contributed by atoms with Crippen molar-refractivity contribution in [2.24, 2.45) is 13.0 Å². The largest absolute Gasteiger partial charge is 0.375 e. The molecule has 1 unspecified atom stereocenters. The summed E-state index contributed by atoms with van der Waals surface area (Å²) in [4.78, 5) is 17.3. The van der Waals surface area contributed by atoms with Crippen LogP contribution in [0.4, 0.5) is 10.1 Å². The number of rotatable bonds is 8. The van der Waals surface area contributed by atoms with Crippen LogP contribution in [0.3, 0.4) is 0 Å². The van der Waals surface area contributed by atoms with Gasteiger partial charge in [0.1, 0.15) is 17.0 Å². The fourth-order valence-electron chi connectivity index (χ4n) is 3.80. The molecule has 3 aromatic rings. The van der Waals surface area contributed by atoms with Crippen molar-refractivity contribution in [2.75, 3.05) is 11.6 Å². The third-order valence-electron chi connectivity index (χ3n) is 5.57. The van der Waals surface area contributed by atoms with Gasteiger partial charge in [-0.05, 0) is 37.3 Å². The standard InChI is InChI=1S/C23H25ClFN5O3S/c1-13(9-10-34(3,32)33)27-23(31)22-16-12-30(2)29-21(16)18(11-26-22)28-20(14-7-8-14)15-5-4-6-17(25)19(15)24/h4-6,9-14,20,28H,7-8H2,1-3H3,(H,27,31)/b10-9+/t13-,20?/m1/s1. The Morgan fingerprint density at radius 1 is 1.35 bits per heavy atom. The summed E-state index contributed by atoms with van der Waals surface area (Å²) in [6, 6.07) is 4.01. The summed E-state index contributed by atoms with van der Waals surface area (Å²) in [5, 5.41) is 12.3. The van der Waals surface area contributed by atoms with Crippen molar-refractivity contribution in [3.05, 3.63) is 64.2 Å². The predicted molar refractivity (Wildman–Crippen MR) is 130 cm³/mol. The molecular formula is C23H25ClFN5O3S. The molecular weight excluding hydrogens is 481 g/mol. The van der Waals surface area contributed by atoms with Crippen LogP contribution < -0.4 is 10.6 Å². The molecule has 1 aliphatic rings. The Hall–Kier alpha value is -2.98. The molecule has 4 rings (SSSR count).